The van der Waals surface area contributed by atoms with E-state index in [9.17, 15) is 64.2 Å². The molecule has 0 bridgehead atoms. The second-order valence-electron chi connectivity index (χ2n) is 20.4. The second-order valence-corrected chi connectivity index (χ2v) is 28.8. The van der Waals surface area contributed by atoms with Gasteiger partial charge >= 0.3 is 13.9 Å². The van der Waals surface area contributed by atoms with Gasteiger partial charge in [0, 0.05) is 89.5 Å². The minimum Gasteiger partial charge on any atom is -0.491 e. The van der Waals surface area contributed by atoms with Crippen molar-refractivity contribution in [1.82, 2.24) is 30.6 Å². The molecule has 1 aromatic heterocycles. The first kappa shape index (κ1) is 77.9. The van der Waals surface area contributed by atoms with E-state index in [1.807, 2.05) is 6.26 Å². The number of benzene rings is 4. The van der Waals surface area contributed by atoms with Crippen LogP contribution in [0.2, 0.25) is 0 Å². The van der Waals surface area contributed by atoms with Gasteiger partial charge in [-0.25, -0.2) is 4.79 Å². The molecular weight excluding hydrogens is 1430 g/mol. The van der Waals surface area contributed by atoms with Crippen molar-refractivity contribution in [1.29, 1.82) is 0 Å². The SMILES string of the molecule is CCN=c1ccc2c(-c3ccccc3C(=O)N(C)CCCC(=O)NNC(=O)c3cccc(OCC(N=[N+]=[N-])OCCOCC(=O)NCC#Cc4cn([C@H]5CC(OCSSC)[C@@H](COPO[P+](=O)OP(C)O)O5)c(=O)[nH]c4=O)c3)c3ccc(NCC)c(S(=O)(=O)O)c3oc-2c1S(=O)(=O)O. The number of hydrazine groups is 1. The van der Waals surface area contributed by atoms with Crippen LogP contribution in [0.3, 0.4) is 0 Å². The van der Waals surface area contributed by atoms with Crippen LogP contribution in [0.5, 0.6) is 5.75 Å². The van der Waals surface area contributed by atoms with Crippen molar-refractivity contribution in [3.63, 3.8) is 0 Å². The number of nitrogens with zero attached hydrogens (tertiary/aromatic N) is 6. The predicted molar refractivity (Wildman–Crippen MR) is 361 cm³/mol. The molecule has 34 nitrogen and oxygen atoms in total. The smallest absolute Gasteiger partial charge is 0.491 e. The third-order valence-corrected chi connectivity index (χ3v) is 19.6. The molecule has 1 fully saturated rings. The molecule has 7 rings (SSSR count). The molecule has 8 N–H and O–H groups in total. The molecule has 3 aliphatic rings. The summed E-state index contributed by atoms with van der Waals surface area (Å²) in [5.74, 6) is 2.68. The van der Waals surface area contributed by atoms with Gasteiger partial charge in [0.2, 0.25) is 29.2 Å². The van der Waals surface area contributed by atoms with E-state index in [-0.39, 0.29) is 133 Å². The van der Waals surface area contributed by atoms with Crippen molar-refractivity contribution in [2.75, 3.05) is 90.4 Å². The monoisotopic (exact) mass is 1490 g/mol. The third kappa shape index (κ3) is 22.0. The average molecular weight is 1500 g/mol. The molecule has 4 amide bonds. The Labute approximate surface area is 571 Å². The van der Waals surface area contributed by atoms with Crippen molar-refractivity contribution < 1.29 is 95.8 Å². The van der Waals surface area contributed by atoms with Gasteiger partial charge in [-0.2, -0.15) is 16.8 Å². The van der Waals surface area contributed by atoms with Gasteiger partial charge in [0.05, 0.1) is 43.5 Å². The zero-order chi connectivity index (χ0) is 71.1. The fourth-order valence-corrected chi connectivity index (χ4v) is 13.8. The maximum atomic E-state index is 14.4. The molecule has 5 unspecified atom stereocenters. The summed E-state index contributed by atoms with van der Waals surface area (Å²) in [6, 6.07) is 17.6. The first-order valence-electron chi connectivity index (χ1n) is 29.2. The molecule has 4 aromatic rings. The Balaban J connectivity index is 0.859. The highest BCUT2D eigenvalue weighted by Gasteiger charge is 2.39. The summed E-state index contributed by atoms with van der Waals surface area (Å²) >= 11 is 0. The number of hydrogen-bond donors (Lipinski definition) is 8. The highest BCUT2D eigenvalue weighted by Crippen LogP contribution is 2.47. The summed E-state index contributed by atoms with van der Waals surface area (Å²) < 4.78 is 136. The zero-order valence-corrected chi connectivity index (χ0v) is 58.8. The van der Waals surface area contributed by atoms with Crippen LogP contribution in [-0.2, 0) is 66.5 Å². The van der Waals surface area contributed by atoms with Gasteiger partial charge in [-0.05, 0) is 86.1 Å². The van der Waals surface area contributed by atoms with Crippen molar-refractivity contribution in [3.05, 3.63) is 132 Å². The predicted octanol–water partition coefficient (Wildman–Crippen LogP) is 6.22. The molecule has 0 radical (unpaired) electrons. The molecule has 1 saturated heterocycles. The van der Waals surface area contributed by atoms with Crippen LogP contribution in [0, 0.1) is 11.8 Å². The molecule has 1 aliphatic carbocycles. The van der Waals surface area contributed by atoms with Crippen molar-refractivity contribution in [3.8, 4) is 40.0 Å². The van der Waals surface area contributed by atoms with Gasteiger partial charge in [-0.3, -0.25) is 58.5 Å². The largest absolute Gasteiger partial charge is 0.708 e. The number of azide groups is 1. The minimum atomic E-state index is -5.13. The molecule has 41 heteroatoms. The maximum Gasteiger partial charge on any atom is 0.708 e. The van der Waals surface area contributed by atoms with E-state index < -0.39 is 133 Å². The number of carbonyl (C=O) groups is 4. The number of aromatic nitrogens is 2. The van der Waals surface area contributed by atoms with Gasteiger partial charge in [0.15, 0.2) is 27.4 Å². The zero-order valence-electron chi connectivity index (χ0n) is 52.7. The summed E-state index contributed by atoms with van der Waals surface area (Å²) in [5.41, 5.74) is 12.0. The Morgan fingerprint density at radius 1 is 1.01 bits per heavy atom. The number of ether oxygens (including phenoxy) is 5. The second kappa shape index (κ2) is 37.7. The molecular formula is C57H67N11O23P3S4+. The summed E-state index contributed by atoms with van der Waals surface area (Å²) in [6.07, 6.45) is -0.184. The Bertz CT molecular complexity index is 4400. The molecule has 7 atom stereocenters. The van der Waals surface area contributed by atoms with Crippen LogP contribution in [0.15, 0.2) is 113 Å². The van der Waals surface area contributed by atoms with E-state index in [2.05, 4.69) is 53.3 Å². The lowest BCUT2D eigenvalue weighted by Crippen LogP contribution is -2.41. The van der Waals surface area contributed by atoms with E-state index in [0.29, 0.717) is 0 Å². The Hall–Kier alpha value is -7.46. The summed E-state index contributed by atoms with van der Waals surface area (Å²) in [7, 11) is -11.1. The molecule has 2 aliphatic heterocycles. The van der Waals surface area contributed by atoms with Gasteiger partial charge in [0.1, 0.15) is 42.8 Å². The number of hydrogen-bond acceptors (Lipinski definition) is 26. The van der Waals surface area contributed by atoms with E-state index in [1.165, 1.54) is 101 Å². The average Bonchev–Trinajstić information content (AvgIpc) is 0.913. The first-order valence-corrected chi connectivity index (χ1v) is 38.4. The van der Waals surface area contributed by atoms with Crippen LogP contribution in [0.1, 0.15) is 65.6 Å². The van der Waals surface area contributed by atoms with Crippen LogP contribution >= 0.6 is 47.3 Å². The fourth-order valence-electron chi connectivity index (χ4n) is 9.55. The van der Waals surface area contributed by atoms with Gasteiger partial charge < -0.3 is 53.1 Å². The lowest BCUT2D eigenvalue weighted by molar-refractivity contribution is -0.126. The van der Waals surface area contributed by atoms with E-state index in [0.717, 1.165) is 4.57 Å². The lowest BCUT2D eigenvalue weighted by atomic mass is 9.90. The Kier molecular flexibility index (Phi) is 29.9. The standard InChI is InChI=1S/C57H66N11O23P3S4/c1-6-59-41-21-19-39-49(40-20-22-42(60-7-2)53(98(80,81)82)51(40)89-50(39)52(41)97(77,78)79)37-16-8-9-17-38(37)56(73)67(3)24-12-18-45(69)63-65-55(72)34-13-10-15-36(27-34)85-32-47(64-66-58)84-26-25-83-31-46(70)61-23-11-14-35-29-68(57(74)62-54(35)71)48-28-43(86-33-96-95-5)44(88-48)30-87-92-90-94(76)91-93(4)75/h8-10,13,15-17,19-22,27,29,43-44,47-48,75,92H,6-7,12,18,23-26,28,30-33H2,1-5H3,(H6-,59,60,61,62,63,65,69,70,71,72,73,74,77,78,79,80,81,82)/p+1/t43?,44-,47?,48-,93?/m1/s1. The number of H-pyrrole nitrogens is 1. The summed E-state index contributed by atoms with van der Waals surface area (Å²) in [5, 5.41) is 8.77. The van der Waals surface area contributed by atoms with Gasteiger partial charge in [-0.1, -0.05) is 71.4 Å². The molecule has 98 heavy (non-hydrogen) atoms. The quantitative estimate of drug-likeness (QED) is 0.00187. The summed E-state index contributed by atoms with van der Waals surface area (Å²) in [4.78, 5) is 96.8. The van der Waals surface area contributed by atoms with Crippen molar-refractivity contribution in [2.24, 2.45) is 10.1 Å². The van der Waals surface area contributed by atoms with Crippen LogP contribution in [0.4, 0.5) is 5.69 Å². The maximum absolute atomic E-state index is 14.4. The lowest BCUT2D eigenvalue weighted by Gasteiger charge is -2.23. The van der Waals surface area contributed by atoms with Crippen molar-refractivity contribution in [2.45, 2.75) is 67.6 Å². The highest BCUT2D eigenvalue weighted by molar-refractivity contribution is 8.76. The van der Waals surface area contributed by atoms with Crippen molar-refractivity contribution >= 4 is 108 Å². The first-order chi connectivity index (χ1) is 46.9. The van der Waals surface area contributed by atoms with E-state index >= 15 is 0 Å². The normalized spacial score (nSPS) is 15.7. The number of nitrogens with one attached hydrogen (secondary N) is 5. The third-order valence-electron chi connectivity index (χ3n) is 13.7. The fraction of sp³-hybridized carbons (Fsp3) is 0.386. The number of anilines is 1. The number of fused-ring (bicyclic) bond motifs is 2. The Morgan fingerprint density at radius 2 is 1.79 bits per heavy atom. The molecule has 526 valence electrons. The highest BCUT2D eigenvalue weighted by atomic mass is 33.1. The summed E-state index contributed by atoms with van der Waals surface area (Å²) in [6.45, 7) is 3.54. The molecule has 3 aromatic carbocycles. The number of carbonyl (C=O) groups excluding carboxylic acids is 4. The topological polar surface area (TPSA) is 469 Å². The van der Waals surface area contributed by atoms with Gasteiger partial charge in [0.25, 0.3) is 37.6 Å². The number of amides is 4. The molecule has 0 saturated carbocycles. The number of aromatic amines is 1. The molecule has 0 spiro atoms. The van der Waals surface area contributed by atoms with Crippen LogP contribution in [0.25, 0.3) is 43.9 Å². The Morgan fingerprint density at radius 3 is 2.51 bits per heavy atom. The minimum absolute atomic E-state index is 0.00132. The molecule has 3 heterocycles. The van der Waals surface area contributed by atoms with Crippen LogP contribution in [-0.4, -0.2) is 172 Å². The van der Waals surface area contributed by atoms with Crippen LogP contribution < -0.4 is 42.8 Å². The van der Waals surface area contributed by atoms with E-state index in [1.54, 1.807) is 32.0 Å². The van der Waals surface area contributed by atoms with Gasteiger partial charge in [-0.15, -0.1) is 0 Å². The van der Waals surface area contributed by atoms with E-state index in [4.69, 9.17) is 46.8 Å². The number of rotatable bonds is 35.